The smallest absolute Gasteiger partial charge is 0.264 e. The maximum absolute atomic E-state index is 12.9. The molecule has 28 heavy (non-hydrogen) atoms. The Labute approximate surface area is 172 Å². The highest BCUT2D eigenvalue weighted by atomic mass is 79.9. The van der Waals surface area contributed by atoms with Crippen molar-refractivity contribution in [2.75, 3.05) is 22.3 Å². The first-order chi connectivity index (χ1) is 13.5. The number of hydrazone groups is 1. The lowest BCUT2D eigenvalue weighted by Gasteiger charge is -2.06. The predicted octanol–water partition coefficient (Wildman–Crippen LogP) is 3.07. The molecule has 0 aliphatic carbocycles. The van der Waals surface area contributed by atoms with Gasteiger partial charge in [-0.2, -0.15) is 5.10 Å². The van der Waals surface area contributed by atoms with E-state index in [-0.39, 0.29) is 23.4 Å². The minimum absolute atomic E-state index is 0.107. The molecule has 2 aromatic carbocycles. The van der Waals surface area contributed by atoms with Gasteiger partial charge in [-0.05, 0) is 45.8 Å². The summed E-state index contributed by atoms with van der Waals surface area (Å²) < 4.78 is 14.9. The van der Waals surface area contributed by atoms with Crippen LogP contribution in [0.4, 0.5) is 16.0 Å². The van der Waals surface area contributed by atoms with E-state index in [1.54, 1.807) is 18.2 Å². The first-order valence-electron chi connectivity index (χ1n) is 7.95. The van der Waals surface area contributed by atoms with Crippen LogP contribution in [0.5, 0.6) is 0 Å². The molecule has 0 aliphatic heterocycles. The fourth-order valence-electron chi connectivity index (χ4n) is 2.04. The Morgan fingerprint density at radius 3 is 2.75 bits per heavy atom. The van der Waals surface area contributed by atoms with E-state index in [4.69, 9.17) is 5.84 Å². The number of carbonyl (C=O) groups is 1. The molecule has 0 bridgehead atoms. The van der Waals surface area contributed by atoms with Crippen LogP contribution >= 0.6 is 27.7 Å². The van der Waals surface area contributed by atoms with Gasteiger partial charge in [-0.15, -0.1) is 10.2 Å². The molecule has 4 N–H and O–H groups in total. The van der Waals surface area contributed by atoms with E-state index in [0.29, 0.717) is 16.4 Å². The third-order valence-electron chi connectivity index (χ3n) is 3.39. The second-order valence-corrected chi connectivity index (χ2v) is 7.21. The van der Waals surface area contributed by atoms with Crippen LogP contribution in [0.2, 0.25) is 0 Å². The Morgan fingerprint density at radius 1 is 1.25 bits per heavy atom. The van der Waals surface area contributed by atoms with Crippen molar-refractivity contribution >= 4 is 51.4 Å². The average Bonchev–Trinajstić information content (AvgIpc) is 3.03. The molecule has 0 unspecified atom stereocenters. The molecular weight excluding hydrogens is 449 g/mol. The molecule has 3 aromatic rings. The number of amides is 1. The molecule has 0 saturated heterocycles. The zero-order valence-corrected chi connectivity index (χ0v) is 16.7. The first kappa shape index (κ1) is 19.8. The summed E-state index contributed by atoms with van der Waals surface area (Å²) in [5, 5.41) is 14.9. The van der Waals surface area contributed by atoms with Crippen LogP contribution in [0.25, 0.3) is 0 Å². The lowest BCUT2D eigenvalue weighted by Crippen LogP contribution is -2.17. The number of benzene rings is 2. The van der Waals surface area contributed by atoms with Crippen molar-refractivity contribution < 1.29 is 9.18 Å². The van der Waals surface area contributed by atoms with Gasteiger partial charge in [0.05, 0.1) is 17.7 Å². The van der Waals surface area contributed by atoms with Crippen molar-refractivity contribution in [1.82, 2.24) is 14.9 Å². The maximum Gasteiger partial charge on any atom is 0.264 e. The highest BCUT2D eigenvalue weighted by molar-refractivity contribution is 9.10. The Kier molecular flexibility index (Phi) is 6.61. The van der Waals surface area contributed by atoms with Crippen molar-refractivity contribution in [2.24, 2.45) is 5.10 Å². The number of rotatable bonds is 7. The van der Waals surface area contributed by atoms with Gasteiger partial charge in [0, 0.05) is 4.47 Å². The molecule has 1 heterocycles. The highest BCUT2D eigenvalue weighted by Crippen LogP contribution is 2.22. The number of nitrogens with two attached hydrogens (primary N) is 1. The number of halogens is 2. The average molecular weight is 464 g/mol. The zero-order valence-electron chi connectivity index (χ0n) is 14.3. The van der Waals surface area contributed by atoms with Crippen molar-refractivity contribution in [1.29, 1.82) is 0 Å². The molecule has 0 spiro atoms. The molecule has 0 atom stereocenters. The zero-order chi connectivity index (χ0) is 19.9. The molecule has 144 valence electrons. The van der Waals surface area contributed by atoms with E-state index in [9.17, 15) is 9.18 Å². The van der Waals surface area contributed by atoms with Crippen molar-refractivity contribution in [3.8, 4) is 0 Å². The number of para-hydroxylation sites is 1. The van der Waals surface area contributed by atoms with Gasteiger partial charge < -0.3 is 11.2 Å². The van der Waals surface area contributed by atoms with Crippen LogP contribution in [0.15, 0.2) is 63.3 Å². The Balaban J connectivity index is 1.53. The number of nitrogens with zero attached hydrogens (tertiary/aromatic N) is 4. The highest BCUT2D eigenvalue weighted by Gasteiger charge is 2.12. The minimum atomic E-state index is -0.322. The SMILES string of the molecule is Nn1c(N/N=C/c2ccc(F)cc2)nnc1SCC(=O)Nc1ccccc1Br. The molecule has 1 aromatic heterocycles. The summed E-state index contributed by atoms with van der Waals surface area (Å²) in [7, 11) is 0. The number of carbonyl (C=O) groups excluding carboxylic acids is 1. The van der Waals surface area contributed by atoms with Crippen LogP contribution < -0.4 is 16.6 Å². The lowest BCUT2D eigenvalue weighted by molar-refractivity contribution is -0.113. The molecule has 0 aliphatic rings. The molecular formula is C17H15BrFN7OS. The largest absolute Gasteiger partial charge is 0.334 e. The summed E-state index contributed by atoms with van der Waals surface area (Å²) in [5.74, 6) is 5.69. The van der Waals surface area contributed by atoms with Crippen LogP contribution in [0, 0.1) is 5.82 Å². The number of hydrogen-bond donors (Lipinski definition) is 3. The van der Waals surface area contributed by atoms with Gasteiger partial charge in [0.2, 0.25) is 11.1 Å². The lowest BCUT2D eigenvalue weighted by atomic mass is 10.2. The Morgan fingerprint density at radius 2 is 2.00 bits per heavy atom. The van der Waals surface area contributed by atoms with Gasteiger partial charge in [0.25, 0.3) is 5.95 Å². The topological polar surface area (TPSA) is 110 Å². The number of aromatic nitrogens is 3. The van der Waals surface area contributed by atoms with Crippen LogP contribution in [0.1, 0.15) is 5.56 Å². The van der Waals surface area contributed by atoms with E-state index in [0.717, 1.165) is 16.2 Å². The number of nitrogen functional groups attached to an aromatic ring is 1. The number of hydrogen-bond acceptors (Lipinski definition) is 7. The van der Waals surface area contributed by atoms with Crippen molar-refractivity contribution in [3.63, 3.8) is 0 Å². The van der Waals surface area contributed by atoms with Crippen LogP contribution in [-0.4, -0.2) is 32.7 Å². The molecule has 11 heteroatoms. The van der Waals surface area contributed by atoms with Crippen molar-refractivity contribution in [3.05, 3.63) is 64.4 Å². The van der Waals surface area contributed by atoms with Gasteiger partial charge >= 0.3 is 0 Å². The van der Waals surface area contributed by atoms with Crippen molar-refractivity contribution in [2.45, 2.75) is 5.16 Å². The second kappa shape index (κ2) is 9.33. The second-order valence-electron chi connectivity index (χ2n) is 5.41. The first-order valence-corrected chi connectivity index (χ1v) is 9.73. The third-order valence-corrected chi connectivity index (χ3v) is 5.03. The van der Waals surface area contributed by atoms with Gasteiger partial charge in [0.15, 0.2) is 0 Å². The molecule has 0 radical (unpaired) electrons. The summed E-state index contributed by atoms with van der Waals surface area (Å²) in [6, 6.07) is 13.1. The summed E-state index contributed by atoms with van der Waals surface area (Å²) in [6.07, 6.45) is 1.49. The van der Waals surface area contributed by atoms with E-state index < -0.39 is 0 Å². The summed E-state index contributed by atoms with van der Waals surface area (Å²) in [4.78, 5) is 12.1. The molecule has 0 saturated carbocycles. The van der Waals surface area contributed by atoms with E-state index in [1.807, 2.05) is 18.2 Å². The van der Waals surface area contributed by atoms with Gasteiger partial charge in [-0.25, -0.2) is 14.5 Å². The molecule has 1 amide bonds. The minimum Gasteiger partial charge on any atom is -0.334 e. The molecule has 8 nitrogen and oxygen atoms in total. The molecule has 3 rings (SSSR count). The van der Waals surface area contributed by atoms with Gasteiger partial charge in [0.1, 0.15) is 5.82 Å². The quantitative estimate of drug-likeness (QED) is 0.215. The standard InChI is InChI=1S/C17H15BrFN7OS/c18-13-3-1-2-4-14(13)22-15(27)10-28-17-25-24-16(26(17)20)23-21-9-11-5-7-12(19)8-6-11/h1-9H,10,20H2,(H,22,27)(H,23,24)/b21-9+. The third kappa shape index (κ3) is 5.30. The van der Waals surface area contributed by atoms with E-state index >= 15 is 0 Å². The fraction of sp³-hybridized carbons (Fsp3) is 0.0588. The predicted molar refractivity (Wildman–Crippen MR) is 111 cm³/mol. The maximum atomic E-state index is 12.9. The number of thioether (sulfide) groups is 1. The number of anilines is 2. The summed E-state index contributed by atoms with van der Waals surface area (Å²) in [5.41, 5.74) is 4.04. The monoisotopic (exact) mass is 463 g/mol. The Hall–Kier alpha value is -2.92. The normalized spacial score (nSPS) is 10.9. The number of nitrogens with one attached hydrogen (secondary N) is 2. The van der Waals surface area contributed by atoms with Crippen LogP contribution in [-0.2, 0) is 4.79 Å². The van der Waals surface area contributed by atoms with E-state index in [2.05, 4.69) is 42.0 Å². The van der Waals surface area contributed by atoms with Gasteiger partial charge in [-0.1, -0.05) is 36.0 Å². The summed E-state index contributed by atoms with van der Waals surface area (Å²) in [6.45, 7) is 0. The molecule has 0 fully saturated rings. The Bertz CT molecular complexity index is 993. The fourth-order valence-corrected chi connectivity index (χ4v) is 3.08. The van der Waals surface area contributed by atoms with Crippen LogP contribution in [0.3, 0.4) is 0 Å². The van der Waals surface area contributed by atoms with E-state index in [1.165, 1.54) is 23.0 Å². The van der Waals surface area contributed by atoms with Gasteiger partial charge in [-0.3, -0.25) is 4.79 Å². The summed E-state index contributed by atoms with van der Waals surface area (Å²) >= 11 is 4.51.